The second-order valence-corrected chi connectivity index (χ2v) is 4.98. The lowest BCUT2D eigenvalue weighted by Crippen LogP contribution is -2.23. The first-order valence-electron chi connectivity index (χ1n) is 6.45. The first kappa shape index (κ1) is 13.1. The highest BCUT2D eigenvalue weighted by atomic mass is 19.3. The van der Waals surface area contributed by atoms with Crippen LogP contribution in [0.1, 0.15) is 32.6 Å². The van der Waals surface area contributed by atoms with Gasteiger partial charge in [0.05, 0.1) is 0 Å². The number of benzene rings is 1. The van der Waals surface area contributed by atoms with Crippen molar-refractivity contribution in [3.8, 4) is 5.75 Å². The molecule has 0 amide bonds. The molecule has 1 saturated carbocycles. The summed E-state index contributed by atoms with van der Waals surface area (Å²) in [4.78, 5) is 0. The molecule has 100 valence electrons. The fourth-order valence-corrected chi connectivity index (χ4v) is 2.30. The average Bonchev–Trinajstić information content (AvgIpc) is 2.26. The van der Waals surface area contributed by atoms with Crippen molar-refractivity contribution in [1.29, 1.82) is 0 Å². The monoisotopic (exact) mass is 255 g/mol. The molecule has 1 atom stereocenters. The van der Waals surface area contributed by atoms with Gasteiger partial charge in [0.15, 0.2) is 0 Å². The van der Waals surface area contributed by atoms with E-state index in [0.29, 0.717) is 6.04 Å². The molecule has 0 bridgehead atoms. The summed E-state index contributed by atoms with van der Waals surface area (Å²) in [6.45, 7) is -0.608. The summed E-state index contributed by atoms with van der Waals surface area (Å²) in [6.07, 6.45) is 5.21. The number of nitrogens with one attached hydrogen (secondary N) is 1. The number of halogens is 2. The van der Waals surface area contributed by atoms with Crippen LogP contribution in [0.3, 0.4) is 0 Å². The van der Waals surface area contributed by atoms with Gasteiger partial charge in [-0.25, -0.2) is 0 Å². The van der Waals surface area contributed by atoms with Gasteiger partial charge in [-0.1, -0.05) is 19.3 Å². The Labute approximate surface area is 106 Å². The Balaban J connectivity index is 1.81. The van der Waals surface area contributed by atoms with Crippen LogP contribution >= 0.6 is 0 Å². The summed E-state index contributed by atoms with van der Waals surface area (Å²) in [5, 5.41) is 3.38. The summed E-state index contributed by atoms with van der Waals surface area (Å²) in [7, 11) is 0. The molecule has 2 nitrogen and oxygen atoms in total. The van der Waals surface area contributed by atoms with Crippen LogP contribution in [0.2, 0.25) is 0 Å². The predicted octanol–water partition coefficient (Wildman–Crippen LogP) is 4.28. The SMILES string of the molecule is CC(CC1CCC1)Nc1ccc(OC(F)F)cc1. The van der Waals surface area contributed by atoms with Gasteiger partial charge in [0, 0.05) is 11.7 Å². The molecule has 0 spiro atoms. The number of hydrogen-bond acceptors (Lipinski definition) is 2. The Morgan fingerprint density at radius 1 is 1.28 bits per heavy atom. The molecule has 0 aliphatic heterocycles. The zero-order chi connectivity index (χ0) is 13.0. The summed E-state index contributed by atoms with van der Waals surface area (Å²) in [5.74, 6) is 1.05. The first-order valence-corrected chi connectivity index (χ1v) is 6.45. The highest BCUT2D eigenvalue weighted by Gasteiger charge is 2.19. The molecule has 1 aromatic carbocycles. The number of ether oxygens (including phenoxy) is 1. The summed E-state index contributed by atoms with van der Waals surface area (Å²) in [6, 6.07) is 7.08. The van der Waals surface area contributed by atoms with E-state index in [1.54, 1.807) is 24.3 Å². The molecule has 1 aromatic rings. The largest absolute Gasteiger partial charge is 0.435 e. The Hall–Kier alpha value is -1.32. The zero-order valence-electron chi connectivity index (χ0n) is 10.5. The summed E-state index contributed by atoms with van der Waals surface area (Å²) < 4.78 is 28.3. The Kier molecular flexibility index (Phi) is 4.39. The van der Waals surface area contributed by atoms with Crippen molar-refractivity contribution < 1.29 is 13.5 Å². The molecule has 0 saturated heterocycles. The van der Waals surface area contributed by atoms with Gasteiger partial charge in [-0.2, -0.15) is 8.78 Å². The predicted molar refractivity (Wildman–Crippen MR) is 68.1 cm³/mol. The van der Waals surface area contributed by atoms with Crippen molar-refractivity contribution in [3.05, 3.63) is 24.3 Å². The van der Waals surface area contributed by atoms with Crippen LogP contribution in [0.15, 0.2) is 24.3 Å². The van der Waals surface area contributed by atoms with Crippen LogP contribution in [0.25, 0.3) is 0 Å². The van der Waals surface area contributed by atoms with E-state index in [9.17, 15) is 8.78 Å². The van der Waals surface area contributed by atoms with E-state index >= 15 is 0 Å². The van der Waals surface area contributed by atoms with E-state index in [2.05, 4.69) is 17.0 Å². The molecule has 2 rings (SSSR count). The lowest BCUT2D eigenvalue weighted by atomic mass is 9.81. The lowest BCUT2D eigenvalue weighted by Gasteiger charge is -2.28. The van der Waals surface area contributed by atoms with Crippen LogP contribution in [0.4, 0.5) is 14.5 Å². The number of rotatable bonds is 6. The van der Waals surface area contributed by atoms with E-state index in [1.807, 2.05) is 0 Å². The number of anilines is 1. The summed E-state index contributed by atoms with van der Waals surface area (Å²) in [5.41, 5.74) is 0.948. The Bertz CT molecular complexity index is 363. The van der Waals surface area contributed by atoms with Gasteiger partial charge in [0.25, 0.3) is 0 Å². The molecule has 1 fully saturated rings. The van der Waals surface area contributed by atoms with Gasteiger partial charge in [-0.3, -0.25) is 0 Å². The van der Waals surface area contributed by atoms with Crippen LogP contribution < -0.4 is 10.1 Å². The van der Waals surface area contributed by atoms with Gasteiger partial charge < -0.3 is 10.1 Å². The fourth-order valence-electron chi connectivity index (χ4n) is 2.30. The van der Waals surface area contributed by atoms with E-state index < -0.39 is 6.61 Å². The maximum absolute atomic E-state index is 12.0. The maximum atomic E-state index is 12.0. The van der Waals surface area contributed by atoms with Gasteiger partial charge in [-0.05, 0) is 43.5 Å². The molecule has 0 radical (unpaired) electrons. The molecule has 0 heterocycles. The molecule has 1 aliphatic carbocycles. The average molecular weight is 255 g/mol. The number of alkyl halides is 2. The van der Waals surface area contributed by atoms with Crippen LogP contribution in [0, 0.1) is 5.92 Å². The van der Waals surface area contributed by atoms with Crippen molar-refractivity contribution >= 4 is 5.69 Å². The summed E-state index contributed by atoms with van der Waals surface area (Å²) >= 11 is 0. The zero-order valence-corrected chi connectivity index (χ0v) is 10.5. The minimum absolute atomic E-state index is 0.196. The lowest BCUT2D eigenvalue weighted by molar-refractivity contribution is -0.0498. The van der Waals surface area contributed by atoms with Gasteiger partial charge in [-0.15, -0.1) is 0 Å². The third kappa shape index (κ3) is 3.86. The molecular weight excluding hydrogens is 236 g/mol. The minimum Gasteiger partial charge on any atom is -0.435 e. The second-order valence-electron chi connectivity index (χ2n) is 4.98. The van der Waals surface area contributed by atoms with Crippen molar-refractivity contribution in [2.45, 2.75) is 45.3 Å². The highest BCUT2D eigenvalue weighted by Crippen LogP contribution is 2.31. The van der Waals surface area contributed by atoms with E-state index in [4.69, 9.17) is 0 Å². The van der Waals surface area contributed by atoms with Crippen LogP contribution in [-0.4, -0.2) is 12.7 Å². The van der Waals surface area contributed by atoms with Crippen molar-refractivity contribution in [2.75, 3.05) is 5.32 Å². The quantitative estimate of drug-likeness (QED) is 0.819. The van der Waals surface area contributed by atoms with Gasteiger partial charge >= 0.3 is 6.61 Å². The second kappa shape index (κ2) is 6.03. The van der Waals surface area contributed by atoms with Gasteiger partial charge in [0.2, 0.25) is 0 Å². The van der Waals surface area contributed by atoms with E-state index in [1.165, 1.54) is 25.7 Å². The standard InChI is InChI=1S/C14H19F2NO/c1-10(9-11-3-2-4-11)17-12-5-7-13(8-6-12)18-14(15)16/h5-8,10-11,14,17H,2-4,9H2,1H3. The molecule has 0 aromatic heterocycles. The first-order chi connectivity index (χ1) is 8.63. The molecule has 1 aliphatic rings. The topological polar surface area (TPSA) is 21.3 Å². The normalized spacial score (nSPS) is 17.3. The fraction of sp³-hybridized carbons (Fsp3) is 0.571. The van der Waals surface area contributed by atoms with E-state index in [0.717, 1.165) is 11.6 Å². The third-order valence-corrected chi connectivity index (χ3v) is 3.40. The number of hydrogen-bond donors (Lipinski definition) is 1. The van der Waals surface area contributed by atoms with E-state index in [-0.39, 0.29) is 5.75 Å². The van der Waals surface area contributed by atoms with Crippen molar-refractivity contribution in [3.63, 3.8) is 0 Å². The molecule has 18 heavy (non-hydrogen) atoms. The minimum atomic E-state index is -2.76. The third-order valence-electron chi connectivity index (χ3n) is 3.40. The van der Waals surface area contributed by atoms with Crippen molar-refractivity contribution in [2.24, 2.45) is 5.92 Å². The van der Waals surface area contributed by atoms with Crippen molar-refractivity contribution in [1.82, 2.24) is 0 Å². The molecule has 1 unspecified atom stereocenters. The molecule has 1 N–H and O–H groups in total. The van der Waals surface area contributed by atoms with Gasteiger partial charge in [0.1, 0.15) is 5.75 Å². The highest BCUT2D eigenvalue weighted by molar-refractivity contribution is 5.46. The smallest absolute Gasteiger partial charge is 0.387 e. The van der Waals surface area contributed by atoms with Crippen LogP contribution in [-0.2, 0) is 0 Å². The molecule has 4 heteroatoms. The maximum Gasteiger partial charge on any atom is 0.387 e. The Morgan fingerprint density at radius 2 is 1.94 bits per heavy atom. The molecular formula is C14H19F2NO. The Morgan fingerprint density at radius 3 is 2.44 bits per heavy atom. The van der Waals surface area contributed by atoms with Crippen LogP contribution in [0.5, 0.6) is 5.75 Å².